The largest absolute Gasteiger partial charge is 0.378 e. The molecule has 1 aliphatic heterocycles. The van der Waals surface area contributed by atoms with Gasteiger partial charge in [0.25, 0.3) is 6.43 Å². The summed E-state index contributed by atoms with van der Waals surface area (Å²) < 4.78 is 36.9. The Balaban J connectivity index is 2.41. The molecule has 1 aromatic carbocycles. The van der Waals surface area contributed by atoms with Gasteiger partial charge in [-0.3, -0.25) is 4.79 Å². The number of hydrogen-bond acceptors (Lipinski definition) is 4. The molecule has 118 valence electrons. The number of alkyl halides is 2. The third-order valence-electron chi connectivity index (χ3n) is 3.20. The number of hydrazone groups is 1. The number of carbonyl (C=O) groups is 1. The van der Waals surface area contributed by atoms with Gasteiger partial charge < -0.3 is 9.47 Å². The normalized spacial score (nSPS) is 15.1. The maximum Gasteiger partial charge on any atom is 0.264 e. The molecule has 0 radical (unpaired) electrons. The van der Waals surface area contributed by atoms with Gasteiger partial charge in [-0.1, -0.05) is 18.2 Å². The fourth-order valence-corrected chi connectivity index (χ4v) is 2.21. The number of halogens is 2. The van der Waals surface area contributed by atoms with Crippen LogP contribution in [-0.4, -0.2) is 39.1 Å². The third-order valence-corrected chi connectivity index (χ3v) is 3.20. The molecule has 0 spiro atoms. The minimum atomic E-state index is -2.63. The Morgan fingerprint density at radius 2 is 2.36 bits per heavy atom. The van der Waals surface area contributed by atoms with Crippen molar-refractivity contribution in [2.24, 2.45) is 5.10 Å². The van der Waals surface area contributed by atoms with E-state index in [0.29, 0.717) is 36.5 Å². The second kappa shape index (κ2) is 7.77. The molecule has 5 nitrogen and oxygen atoms in total. The molecule has 1 N–H and O–H groups in total. The van der Waals surface area contributed by atoms with Gasteiger partial charge in [0, 0.05) is 18.2 Å². The summed E-state index contributed by atoms with van der Waals surface area (Å²) >= 11 is 0. The van der Waals surface area contributed by atoms with Crippen molar-refractivity contribution in [1.82, 2.24) is 5.43 Å². The predicted octanol–water partition coefficient (Wildman–Crippen LogP) is 2.13. The molecule has 1 heterocycles. The summed E-state index contributed by atoms with van der Waals surface area (Å²) in [5.41, 5.74) is 4.11. The molecule has 0 bridgehead atoms. The monoisotopic (exact) mass is 310 g/mol. The first-order valence-electron chi connectivity index (χ1n) is 6.61. The molecule has 0 unspecified atom stereocenters. The summed E-state index contributed by atoms with van der Waals surface area (Å²) in [5.74, 6) is 0. The molecular formula is C15H16F2N2O3. The van der Waals surface area contributed by atoms with E-state index in [9.17, 15) is 13.6 Å². The molecule has 0 saturated carbocycles. The molecule has 7 heteroatoms. The van der Waals surface area contributed by atoms with Gasteiger partial charge in [-0.05, 0) is 17.2 Å². The summed E-state index contributed by atoms with van der Waals surface area (Å²) in [6, 6.07) is 4.65. The predicted molar refractivity (Wildman–Crippen MR) is 77.8 cm³/mol. The van der Waals surface area contributed by atoms with Gasteiger partial charge >= 0.3 is 0 Å². The van der Waals surface area contributed by atoms with E-state index in [0.717, 1.165) is 5.57 Å². The van der Waals surface area contributed by atoms with Gasteiger partial charge in [0.1, 0.15) is 0 Å². The quantitative estimate of drug-likeness (QED) is 0.477. The van der Waals surface area contributed by atoms with E-state index in [1.807, 2.05) is 0 Å². The number of nitrogens with one attached hydrogen (secondary N) is 1. The Hall–Kier alpha value is -2.12. The fourth-order valence-electron chi connectivity index (χ4n) is 2.21. The second-order valence-electron chi connectivity index (χ2n) is 4.59. The lowest BCUT2D eigenvalue weighted by molar-refractivity contribution is -0.109. The number of benzene rings is 1. The zero-order chi connectivity index (χ0) is 15.9. The molecule has 0 atom stereocenters. The molecule has 0 saturated heterocycles. The van der Waals surface area contributed by atoms with Crippen LogP contribution in [0.4, 0.5) is 8.78 Å². The summed E-state index contributed by atoms with van der Waals surface area (Å²) in [6.07, 6.45) is -0.433. The van der Waals surface area contributed by atoms with Crippen LogP contribution in [0, 0.1) is 0 Å². The van der Waals surface area contributed by atoms with Crippen molar-refractivity contribution < 1.29 is 23.0 Å². The highest BCUT2D eigenvalue weighted by Gasteiger charge is 2.19. The molecule has 0 fully saturated rings. The first kappa shape index (κ1) is 16.3. The Morgan fingerprint density at radius 1 is 1.55 bits per heavy atom. The Labute approximate surface area is 126 Å². The van der Waals surface area contributed by atoms with E-state index in [1.54, 1.807) is 18.2 Å². The maximum atomic E-state index is 13.4. The summed E-state index contributed by atoms with van der Waals surface area (Å²) in [4.78, 5) is 10.3. The Morgan fingerprint density at radius 3 is 2.95 bits per heavy atom. The SMILES string of the molecule is COC/C(=N\NC=O)c1ccc(C2=CCOC2)c(C(F)F)c1. The van der Waals surface area contributed by atoms with E-state index in [2.05, 4.69) is 10.5 Å². The van der Waals surface area contributed by atoms with Crippen molar-refractivity contribution >= 4 is 17.7 Å². The summed E-state index contributed by atoms with van der Waals surface area (Å²) in [7, 11) is 1.46. The Kier molecular flexibility index (Phi) is 5.74. The highest BCUT2D eigenvalue weighted by Crippen LogP contribution is 2.31. The molecule has 22 heavy (non-hydrogen) atoms. The number of ether oxygens (including phenoxy) is 2. The van der Waals surface area contributed by atoms with Crippen LogP contribution in [-0.2, 0) is 14.3 Å². The smallest absolute Gasteiger partial charge is 0.264 e. The lowest BCUT2D eigenvalue weighted by Crippen LogP contribution is -2.15. The van der Waals surface area contributed by atoms with Crippen molar-refractivity contribution in [3.8, 4) is 0 Å². The third kappa shape index (κ3) is 3.75. The van der Waals surface area contributed by atoms with Crippen molar-refractivity contribution in [3.05, 3.63) is 41.0 Å². The van der Waals surface area contributed by atoms with Gasteiger partial charge in [-0.15, -0.1) is 0 Å². The van der Waals surface area contributed by atoms with Crippen LogP contribution >= 0.6 is 0 Å². The maximum absolute atomic E-state index is 13.4. The number of nitrogens with zero attached hydrogens (tertiary/aromatic N) is 1. The lowest BCUT2D eigenvalue weighted by Gasteiger charge is -2.13. The Bertz CT molecular complexity index is 600. The van der Waals surface area contributed by atoms with Crippen molar-refractivity contribution in [2.75, 3.05) is 26.9 Å². The standard InChI is InChI=1S/C15H16F2N2O3/c1-21-8-14(19-18-9-20)10-2-3-12(11-4-5-22-7-11)13(6-10)15(16)17/h2-4,6,9,15H,5,7-8H2,1H3,(H,18,20)/b19-14+. The summed E-state index contributed by atoms with van der Waals surface area (Å²) in [5, 5.41) is 3.82. The summed E-state index contributed by atoms with van der Waals surface area (Å²) in [6.45, 7) is 0.846. The zero-order valence-corrected chi connectivity index (χ0v) is 12.0. The van der Waals surface area contributed by atoms with E-state index in [-0.39, 0.29) is 12.2 Å². The zero-order valence-electron chi connectivity index (χ0n) is 12.0. The van der Waals surface area contributed by atoms with Crippen LogP contribution in [0.1, 0.15) is 23.1 Å². The highest BCUT2D eigenvalue weighted by molar-refractivity contribution is 6.02. The molecule has 0 aliphatic carbocycles. The minimum Gasteiger partial charge on any atom is -0.378 e. The average Bonchev–Trinajstić information content (AvgIpc) is 3.05. The van der Waals surface area contributed by atoms with Crippen LogP contribution in [0.25, 0.3) is 5.57 Å². The second-order valence-corrected chi connectivity index (χ2v) is 4.59. The van der Waals surface area contributed by atoms with Crippen molar-refractivity contribution in [3.63, 3.8) is 0 Å². The number of hydrogen-bond donors (Lipinski definition) is 1. The van der Waals surface area contributed by atoms with Crippen LogP contribution < -0.4 is 5.43 Å². The van der Waals surface area contributed by atoms with Crippen LogP contribution in [0.3, 0.4) is 0 Å². The number of carbonyl (C=O) groups excluding carboxylic acids is 1. The van der Waals surface area contributed by atoms with Crippen molar-refractivity contribution in [1.29, 1.82) is 0 Å². The van der Waals surface area contributed by atoms with Crippen molar-refractivity contribution in [2.45, 2.75) is 6.43 Å². The molecular weight excluding hydrogens is 294 g/mol. The van der Waals surface area contributed by atoms with E-state index in [4.69, 9.17) is 9.47 Å². The number of rotatable bonds is 7. The number of amides is 1. The fraction of sp³-hybridized carbons (Fsp3) is 0.333. The van der Waals surface area contributed by atoms with E-state index < -0.39 is 6.43 Å². The van der Waals surface area contributed by atoms with Gasteiger partial charge in [-0.2, -0.15) is 5.10 Å². The van der Waals surface area contributed by atoms with Gasteiger partial charge in [0.2, 0.25) is 6.41 Å². The first-order valence-corrected chi connectivity index (χ1v) is 6.61. The molecule has 1 aliphatic rings. The minimum absolute atomic E-state index is 0.0919. The molecule has 0 aromatic heterocycles. The highest BCUT2D eigenvalue weighted by atomic mass is 19.3. The van der Waals surface area contributed by atoms with E-state index >= 15 is 0 Å². The molecule has 1 amide bonds. The number of methoxy groups -OCH3 is 1. The molecule has 1 aromatic rings. The topological polar surface area (TPSA) is 59.9 Å². The van der Waals surface area contributed by atoms with E-state index in [1.165, 1.54) is 13.2 Å². The van der Waals surface area contributed by atoms with Crippen LogP contribution in [0.2, 0.25) is 0 Å². The van der Waals surface area contributed by atoms with Crippen LogP contribution in [0.15, 0.2) is 29.4 Å². The van der Waals surface area contributed by atoms with Gasteiger partial charge in [-0.25, -0.2) is 14.2 Å². The van der Waals surface area contributed by atoms with Gasteiger partial charge in [0.15, 0.2) is 0 Å². The molecule has 2 rings (SSSR count). The average molecular weight is 310 g/mol. The first-order chi connectivity index (χ1) is 10.7. The van der Waals surface area contributed by atoms with Crippen LogP contribution in [0.5, 0.6) is 0 Å². The lowest BCUT2D eigenvalue weighted by atomic mass is 9.96. The van der Waals surface area contributed by atoms with Gasteiger partial charge in [0.05, 0.1) is 25.5 Å².